The minimum absolute atomic E-state index is 0.430. The average molecular weight is 235 g/mol. The highest BCUT2D eigenvalue weighted by Gasteiger charge is 2.11. The fourth-order valence-electron chi connectivity index (χ4n) is 1.43. The number of benzene rings is 1. The molecule has 1 aromatic carbocycles. The number of carbonyl (C=O) groups excluding carboxylic acids is 2. The summed E-state index contributed by atoms with van der Waals surface area (Å²) in [7, 11) is 1.19. The van der Waals surface area contributed by atoms with Crippen LogP contribution in [0.2, 0.25) is 0 Å². The molecule has 0 heterocycles. The van der Waals surface area contributed by atoms with Gasteiger partial charge in [0.15, 0.2) is 0 Å². The standard InChI is InChI=1S/C13H17NO3/c1-3-10-4-6-11(7-5-10)8-9-14-12(15)13(16)17-2/h4-7H,3,8-9H2,1-2H3,(H,14,15). The first-order valence-electron chi connectivity index (χ1n) is 5.61. The molecule has 0 saturated heterocycles. The summed E-state index contributed by atoms with van der Waals surface area (Å²) in [6.07, 6.45) is 1.71. The van der Waals surface area contributed by atoms with Gasteiger partial charge in [-0.25, -0.2) is 4.79 Å². The van der Waals surface area contributed by atoms with Crippen molar-refractivity contribution in [1.29, 1.82) is 0 Å². The van der Waals surface area contributed by atoms with Crippen molar-refractivity contribution in [2.45, 2.75) is 19.8 Å². The molecular formula is C13H17NO3. The Labute approximate surface area is 101 Å². The van der Waals surface area contributed by atoms with Crippen molar-refractivity contribution in [3.05, 3.63) is 35.4 Å². The number of esters is 1. The normalized spacial score (nSPS) is 9.76. The summed E-state index contributed by atoms with van der Waals surface area (Å²) >= 11 is 0. The zero-order chi connectivity index (χ0) is 12.7. The van der Waals surface area contributed by atoms with Crippen molar-refractivity contribution in [1.82, 2.24) is 5.32 Å². The van der Waals surface area contributed by atoms with Gasteiger partial charge in [-0.3, -0.25) is 4.79 Å². The highest BCUT2D eigenvalue weighted by atomic mass is 16.5. The second kappa shape index (κ2) is 6.68. The molecule has 1 N–H and O–H groups in total. The Morgan fingerprint density at radius 2 is 1.76 bits per heavy atom. The van der Waals surface area contributed by atoms with E-state index in [1.165, 1.54) is 12.7 Å². The Bertz CT molecular complexity index is 384. The molecule has 0 unspecified atom stereocenters. The van der Waals surface area contributed by atoms with Crippen molar-refractivity contribution in [2.24, 2.45) is 0 Å². The fraction of sp³-hybridized carbons (Fsp3) is 0.385. The minimum Gasteiger partial charge on any atom is -0.462 e. The molecule has 0 aliphatic heterocycles. The predicted molar refractivity (Wildman–Crippen MR) is 64.5 cm³/mol. The molecule has 0 radical (unpaired) electrons. The van der Waals surface area contributed by atoms with Crippen LogP contribution in [0.15, 0.2) is 24.3 Å². The number of rotatable bonds is 4. The average Bonchev–Trinajstić information content (AvgIpc) is 2.38. The molecule has 1 amide bonds. The first kappa shape index (κ1) is 13.2. The van der Waals surface area contributed by atoms with Gasteiger partial charge in [0, 0.05) is 6.54 Å². The molecule has 1 rings (SSSR count). The van der Waals surface area contributed by atoms with E-state index < -0.39 is 11.9 Å². The highest BCUT2D eigenvalue weighted by molar-refractivity contribution is 6.32. The molecular weight excluding hydrogens is 218 g/mol. The Hall–Kier alpha value is -1.84. The maximum Gasteiger partial charge on any atom is 0.396 e. The lowest BCUT2D eigenvalue weighted by Crippen LogP contribution is -2.33. The van der Waals surface area contributed by atoms with E-state index in [9.17, 15) is 9.59 Å². The molecule has 4 nitrogen and oxygen atoms in total. The van der Waals surface area contributed by atoms with E-state index in [1.54, 1.807) is 0 Å². The van der Waals surface area contributed by atoms with Gasteiger partial charge in [-0.1, -0.05) is 31.2 Å². The van der Waals surface area contributed by atoms with Crippen LogP contribution in [0.4, 0.5) is 0 Å². The monoisotopic (exact) mass is 235 g/mol. The molecule has 0 spiro atoms. The lowest BCUT2D eigenvalue weighted by molar-refractivity contribution is -0.152. The van der Waals surface area contributed by atoms with Gasteiger partial charge in [-0.15, -0.1) is 0 Å². The number of ether oxygens (including phenoxy) is 1. The Morgan fingerprint density at radius 3 is 2.29 bits per heavy atom. The van der Waals surface area contributed by atoms with Crippen LogP contribution >= 0.6 is 0 Å². The summed E-state index contributed by atoms with van der Waals surface area (Å²) in [4.78, 5) is 21.9. The largest absolute Gasteiger partial charge is 0.462 e. The van der Waals surface area contributed by atoms with Crippen LogP contribution in [-0.4, -0.2) is 25.5 Å². The van der Waals surface area contributed by atoms with Gasteiger partial charge in [-0.2, -0.15) is 0 Å². The smallest absolute Gasteiger partial charge is 0.396 e. The van der Waals surface area contributed by atoms with Gasteiger partial charge < -0.3 is 10.1 Å². The van der Waals surface area contributed by atoms with Crippen molar-refractivity contribution in [3.63, 3.8) is 0 Å². The molecule has 0 aromatic heterocycles. The summed E-state index contributed by atoms with van der Waals surface area (Å²) < 4.78 is 4.29. The van der Waals surface area contributed by atoms with Gasteiger partial charge in [0.05, 0.1) is 7.11 Å². The van der Waals surface area contributed by atoms with Crippen molar-refractivity contribution >= 4 is 11.9 Å². The lowest BCUT2D eigenvalue weighted by Gasteiger charge is -2.04. The number of nitrogens with one attached hydrogen (secondary N) is 1. The number of aryl methyl sites for hydroxylation is 1. The molecule has 1 aromatic rings. The van der Waals surface area contributed by atoms with Crippen LogP contribution in [0.25, 0.3) is 0 Å². The van der Waals surface area contributed by atoms with E-state index in [0.717, 1.165) is 12.0 Å². The van der Waals surface area contributed by atoms with Crippen LogP contribution in [0.1, 0.15) is 18.1 Å². The zero-order valence-electron chi connectivity index (χ0n) is 10.2. The number of hydrogen-bond acceptors (Lipinski definition) is 3. The van der Waals surface area contributed by atoms with Crippen LogP contribution in [-0.2, 0) is 27.2 Å². The van der Waals surface area contributed by atoms with E-state index in [-0.39, 0.29) is 0 Å². The third kappa shape index (κ3) is 4.26. The number of methoxy groups -OCH3 is 1. The summed E-state index contributed by atoms with van der Waals surface area (Å²) in [5.41, 5.74) is 2.42. The maximum atomic E-state index is 11.1. The molecule has 0 bridgehead atoms. The highest BCUT2D eigenvalue weighted by Crippen LogP contribution is 2.05. The van der Waals surface area contributed by atoms with Gasteiger partial charge in [0.25, 0.3) is 0 Å². The summed E-state index contributed by atoms with van der Waals surface area (Å²) in [6.45, 7) is 2.53. The number of hydrogen-bond donors (Lipinski definition) is 1. The van der Waals surface area contributed by atoms with Gasteiger partial charge in [-0.05, 0) is 24.0 Å². The quantitative estimate of drug-likeness (QED) is 0.627. The lowest BCUT2D eigenvalue weighted by atomic mass is 10.1. The topological polar surface area (TPSA) is 55.4 Å². The summed E-state index contributed by atoms with van der Waals surface area (Å²) in [5, 5.41) is 2.50. The van der Waals surface area contributed by atoms with E-state index in [2.05, 4.69) is 29.1 Å². The van der Waals surface area contributed by atoms with E-state index in [4.69, 9.17) is 0 Å². The maximum absolute atomic E-state index is 11.1. The van der Waals surface area contributed by atoms with Crippen molar-refractivity contribution < 1.29 is 14.3 Å². The van der Waals surface area contributed by atoms with Gasteiger partial charge in [0.1, 0.15) is 0 Å². The predicted octanol–water partition coefficient (Wildman–Crippen LogP) is 1.08. The molecule has 4 heteroatoms. The summed E-state index contributed by atoms with van der Waals surface area (Å²) in [5.74, 6) is -1.55. The molecule has 0 fully saturated rings. The van der Waals surface area contributed by atoms with Crippen molar-refractivity contribution in [2.75, 3.05) is 13.7 Å². The third-order valence-corrected chi connectivity index (χ3v) is 2.50. The van der Waals surface area contributed by atoms with E-state index in [0.29, 0.717) is 13.0 Å². The minimum atomic E-state index is -0.855. The fourth-order valence-corrected chi connectivity index (χ4v) is 1.43. The second-order valence-corrected chi connectivity index (χ2v) is 3.67. The molecule has 0 aliphatic rings. The molecule has 92 valence electrons. The molecule has 0 aliphatic carbocycles. The van der Waals surface area contributed by atoms with Gasteiger partial charge in [0.2, 0.25) is 0 Å². The Kier molecular flexibility index (Phi) is 5.20. The van der Waals surface area contributed by atoms with E-state index >= 15 is 0 Å². The SMILES string of the molecule is CCc1ccc(CCNC(=O)C(=O)OC)cc1. The number of carbonyl (C=O) groups is 2. The molecule has 0 atom stereocenters. The molecule has 0 saturated carbocycles. The first-order valence-corrected chi connectivity index (χ1v) is 5.61. The van der Waals surface area contributed by atoms with Gasteiger partial charge >= 0.3 is 11.9 Å². The molecule has 17 heavy (non-hydrogen) atoms. The zero-order valence-corrected chi connectivity index (χ0v) is 10.2. The third-order valence-electron chi connectivity index (χ3n) is 2.50. The van der Waals surface area contributed by atoms with Crippen LogP contribution in [0.3, 0.4) is 0 Å². The second-order valence-electron chi connectivity index (χ2n) is 3.67. The van der Waals surface area contributed by atoms with Crippen LogP contribution in [0.5, 0.6) is 0 Å². The number of amides is 1. The Morgan fingerprint density at radius 1 is 1.18 bits per heavy atom. The first-order chi connectivity index (χ1) is 8.17. The van der Waals surface area contributed by atoms with Crippen molar-refractivity contribution in [3.8, 4) is 0 Å². The van der Waals surface area contributed by atoms with Crippen LogP contribution in [0, 0.1) is 0 Å². The summed E-state index contributed by atoms with van der Waals surface area (Å²) in [6, 6.07) is 8.20. The Balaban J connectivity index is 2.35. The van der Waals surface area contributed by atoms with Crippen LogP contribution < -0.4 is 5.32 Å². The van der Waals surface area contributed by atoms with E-state index in [1.807, 2.05) is 12.1 Å².